The fourth-order valence-corrected chi connectivity index (χ4v) is 10.1. The van der Waals surface area contributed by atoms with Crippen molar-refractivity contribution in [3.05, 3.63) is 229 Å². The van der Waals surface area contributed by atoms with Gasteiger partial charge in [-0.05, 0) is 159 Å². The van der Waals surface area contributed by atoms with E-state index in [2.05, 4.69) is 243 Å². The average Bonchev–Trinajstić information content (AvgIpc) is 3.76. The van der Waals surface area contributed by atoms with Crippen LogP contribution in [0, 0.1) is 13.8 Å². The number of hydrogen-bond donors (Lipinski definition) is 0. The maximum Gasteiger partial charge on any atom is 0.0541 e. The van der Waals surface area contributed by atoms with Crippen LogP contribution in [0.3, 0.4) is 0 Å². The lowest BCUT2D eigenvalue weighted by atomic mass is 9.82. The van der Waals surface area contributed by atoms with Crippen LogP contribution in [0.5, 0.6) is 0 Å². The molecule has 0 aliphatic heterocycles. The number of fused-ring (bicyclic) bond motifs is 6. The van der Waals surface area contributed by atoms with Crippen molar-refractivity contribution < 1.29 is 0 Å². The Morgan fingerprint density at radius 1 is 0.377 bits per heavy atom. The van der Waals surface area contributed by atoms with Crippen LogP contribution in [-0.2, 0) is 5.41 Å². The summed E-state index contributed by atoms with van der Waals surface area (Å²) in [5.41, 5.74) is 22.0. The second-order valence-corrected chi connectivity index (χ2v) is 17.1. The van der Waals surface area contributed by atoms with Gasteiger partial charge in [0.25, 0.3) is 0 Å². The summed E-state index contributed by atoms with van der Waals surface area (Å²) in [4.78, 5) is 2.49. The van der Waals surface area contributed by atoms with Gasteiger partial charge in [-0.15, -0.1) is 0 Å². The molecule has 9 aromatic carbocycles. The molecule has 1 heterocycles. The van der Waals surface area contributed by atoms with Crippen LogP contribution in [0.15, 0.2) is 206 Å². The van der Waals surface area contributed by atoms with E-state index in [0.717, 1.165) is 17.1 Å². The molecular formula is C59H46N2. The van der Waals surface area contributed by atoms with Crippen molar-refractivity contribution in [1.82, 2.24) is 4.57 Å². The average molecular weight is 783 g/mol. The highest BCUT2D eigenvalue weighted by Gasteiger charge is 2.36. The molecule has 0 saturated heterocycles. The van der Waals surface area contributed by atoms with Gasteiger partial charge in [-0.1, -0.05) is 141 Å². The van der Waals surface area contributed by atoms with E-state index in [1.807, 2.05) is 0 Å². The third-order valence-corrected chi connectivity index (χ3v) is 13.0. The topological polar surface area (TPSA) is 8.17 Å². The van der Waals surface area contributed by atoms with Crippen molar-refractivity contribution >= 4 is 38.9 Å². The van der Waals surface area contributed by atoms with Crippen LogP contribution in [0.25, 0.3) is 72.0 Å². The van der Waals surface area contributed by atoms with Gasteiger partial charge in [0, 0.05) is 33.2 Å². The lowest BCUT2D eigenvalue weighted by Gasteiger charge is -2.31. The Kier molecular flexibility index (Phi) is 8.65. The first kappa shape index (κ1) is 36.6. The standard InChI is InChI=1S/C59H46N2/c1-39-33-43(46-36-44(41-17-7-5-8-18-41)35-45(37-46)42-19-9-6-10-20-42)34-40(2)58(39)60(49-31-32-51-50-21-11-14-24-54(50)59(3,4)55(51)38-49)47-27-29-48(30-28-47)61-56-25-15-12-22-52(56)53-23-13-16-26-57(53)61/h5-38H,1-4H3. The van der Waals surface area contributed by atoms with Crippen LogP contribution in [-0.4, -0.2) is 4.57 Å². The number of rotatable bonds is 7. The number of hydrogen-bond acceptors (Lipinski definition) is 1. The van der Waals surface area contributed by atoms with Gasteiger partial charge in [0.15, 0.2) is 0 Å². The molecule has 11 rings (SSSR count). The van der Waals surface area contributed by atoms with Gasteiger partial charge in [-0.25, -0.2) is 0 Å². The zero-order chi connectivity index (χ0) is 41.2. The predicted octanol–water partition coefficient (Wildman–Crippen LogP) is 16.2. The number of nitrogens with zero attached hydrogens (tertiary/aromatic N) is 2. The molecule has 1 aliphatic rings. The lowest BCUT2D eigenvalue weighted by molar-refractivity contribution is 0.660. The van der Waals surface area contributed by atoms with Crippen LogP contribution in [0.2, 0.25) is 0 Å². The Morgan fingerprint density at radius 2 is 0.836 bits per heavy atom. The minimum absolute atomic E-state index is 0.123. The largest absolute Gasteiger partial charge is 0.310 e. The third kappa shape index (κ3) is 6.09. The Bertz CT molecular complexity index is 3140. The van der Waals surface area contributed by atoms with Gasteiger partial charge in [0.1, 0.15) is 0 Å². The van der Waals surface area contributed by atoms with Gasteiger partial charge >= 0.3 is 0 Å². The Hall–Kier alpha value is -7.42. The van der Waals surface area contributed by atoms with E-state index in [4.69, 9.17) is 0 Å². The Morgan fingerprint density at radius 3 is 1.43 bits per heavy atom. The molecular weight excluding hydrogens is 737 g/mol. The van der Waals surface area contributed by atoms with E-state index in [-0.39, 0.29) is 5.41 Å². The molecule has 292 valence electrons. The van der Waals surface area contributed by atoms with Crippen LogP contribution >= 0.6 is 0 Å². The SMILES string of the molecule is Cc1cc(-c2cc(-c3ccccc3)cc(-c3ccccc3)c2)cc(C)c1N(c1ccc(-n2c3ccccc3c3ccccc32)cc1)c1ccc2c(c1)C(C)(C)c1ccccc1-2. The van der Waals surface area contributed by atoms with Crippen LogP contribution in [0.1, 0.15) is 36.1 Å². The smallest absolute Gasteiger partial charge is 0.0541 e. The summed E-state index contributed by atoms with van der Waals surface area (Å²) >= 11 is 0. The summed E-state index contributed by atoms with van der Waals surface area (Å²) < 4.78 is 2.40. The highest BCUT2D eigenvalue weighted by molar-refractivity contribution is 6.09. The van der Waals surface area contributed by atoms with E-state index in [1.165, 1.54) is 94.3 Å². The Labute approximate surface area is 358 Å². The minimum Gasteiger partial charge on any atom is -0.310 e. The maximum absolute atomic E-state index is 2.49. The fraction of sp³-hybridized carbons (Fsp3) is 0.0847. The maximum atomic E-state index is 2.49. The van der Waals surface area contributed by atoms with E-state index in [1.54, 1.807) is 0 Å². The molecule has 1 aromatic heterocycles. The number of aromatic nitrogens is 1. The lowest BCUT2D eigenvalue weighted by Crippen LogP contribution is -2.17. The highest BCUT2D eigenvalue weighted by atomic mass is 15.1. The van der Waals surface area contributed by atoms with Crippen molar-refractivity contribution in [3.8, 4) is 50.2 Å². The van der Waals surface area contributed by atoms with Crippen LogP contribution < -0.4 is 4.90 Å². The molecule has 10 aromatic rings. The molecule has 1 aliphatic carbocycles. The van der Waals surface area contributed by atoms with Crippen LogP contribution in [0.4, 0.5) is 17.1 Å². The van der Waals surface area contributed by atoms with Gasteiger partial charge in [-0.3, -0.25) is 0 Å². The molecule has 0 atom stereocenters. The molecule has 0 unspecified atom stereocenters. The van der Waals surface area contributed by atoms with Crippen molar-refractivity contribution in [2.24, 2.45) is 0 Å². The Balaban J connectivity index is 1.07. The number of anilines is 3. The van der Waals surface area contributed by atoms with E-state index < -0.39 is 0 Å². The van der Waals surface area contributed by atoms with E-state index in [9.17, 15) is 0 Å². The molecule has 0 fully saturated rings. The van der Waals surface area contributed by atoms with Crippen molar-refractivity contribution in [2.75, 3.05) is 4.90 Å². The number of benzene rings is 9. The normalized spacial score (nSPS) is 12.7. The molecule has 0 saturated carbocycles. The monoisotopic (exact) mass is 782 g/mol. The summed E-state index contributed by atoms with van der Waals surface area (Å²) in [5.74, 6) is 0. The first-order valence-electron chi connectivity index (χ1n) is 21.3. The van der Waals surface area contributed by atoms with Gasteiger partial charge < -0.3 is 9.47 Å². The number of para-hydroxylation sites is 2. The second-order valence-electron chi connectivity index (χ2n) is 17.1. The van der Waals surface area contributed by atoms with Gasteiger partial charge in [0.05, 0.1) is 16.7 Å². The van der Waals surface area contributed by atoms with Crippen molar-refractivity contribution in [1.29, 1.82) is 0 Å². The van der Waals surface area contributed by atoms with E-state index in [0.29, 0.717) is 0 Å². The molecule has 0 spiro atoms. The highest BCUT2D eigenvalue weighted by Crippen LogP contribution is 2.51. The van der Waals surface area contributed by atoms with E-state index >= 15 is 0 Å². The zero-order valence-electron chi connectivity index (χ0n) is 35.0. The molecule has 2 nitrogen and oxygen atoms in total. The summed E-state index contributed by atoms with van der Waals surface area (Å²) in [5, 5.41) is 2.53. The first-order chi connectivity index (χ1) is 29.8. The fourth-order valence-electron chi connectivity index (χ4n) is 10.1. The molecule has 61 heavy (non-hydrogen) atoms. The molecule has 0 radical (unpaired) electrons. The quantitative estimate of drug-likeness (QED) is 0.156. The molecule has 0 amide bonds. The summed E-state index contributed by atoms with van der Waals surface area (Å²) in [6.45, 7) is 9.28. The summed E-state index contributed by atoms with van der Waals surface area (Å²) in [7, 11) is 0. The number of aryl methyl sites for hydroxylation is 2. The second kappa shape index (κ2) is 14.4. The van der Waals surface area contributed by atoms with Gasteiger partial charge in [0.2, 0.25) is 0 Å². The molecule has 0 N–H and O–H groups in total. The summed E-state index contributed by atoms with van der Waals surface area (Å²) in [6.07, 6.45) is 0. The third-order valence-electron chi connectivity index (χ3n) is 13.0. The minimum atomic E-state index is -0.123. The molecule has 2 heteroatoms. The summed E-state index contributed by atoms with van der Waals surface area (Å²) in [6, 6.07) is 75.9. The van der Waals surface area contributed by atoms with Crippen molar-refractivity contribution in [3.63, 3.8) is 0 Å². The first-order valence-corrected chi connectivity index (χ1v) is 21.3. The molecule has 0 bridgehead atoms. The predicted molar refractivity (Wildman–Crippen MR) is 259 cm³/mol. The van der Waals surface area contributed by atoms with Crippen molar-refractivity contribution in [2.45, 2.75) is 33.1 Å². The zero-order valence-corrected chi connectivity index (χ0v) is 35.0. The van der Waals surface area contributed by atoms with Gasteiger partial charge in [-0.2, -0.15) is 0 Å².